The van der Waals surface area contributed by atoms with Crippen LogP contribution in [0.5, 0.6) is 5.75 Å². The maximum absolute atomic E-state index is 13.7. The van der Waals surface area contributed by atoms with Crippen molar-refractivity contribution in [1.29, 1.82) is 0 Å². The fourth-order valence-electron chi connectivity index (χ4n) is 6.71. The van der Waals surface area contributed by atoms with E-state index in [-0.39, 0.29) is 11.2 Å². The van der Waals surface area contributed by atoms with Crippen molar-refractivity contribution < 1.29 is 19.5 Å². The lowest BCUT2D eigenvalue weighted by Crippen LogP contribution is -2.32. The van der Waals surface area contributed by atoms with E-state index >= 15 is 0 Å². The molecular weight excluding hydrogens is 539 g/mol. The Morgan fingerprint density at radius 2 is 0.929 bits per heavy atom. The number of benzene rings is 1. The van der Waals surface area contributed by atoms with Gasteiger partial charge in [-0.3, -0.25) is 4.57 Å². The molecule has 0 saturated carbocycles. The molecule has 0 radical (unpaired) electrons. The van der Waals surface area contributed by atoms with Gasteiger partial charge < -0.3 is 14.9 Å². The van der Waals surface area contributed by atoms with Crippen LogP contribution in [0.25, 0.3) is 0 Å². The number of rotatable bonds is 24. The molecule has 1 aromatic carbocycles. The highest BCUT2D eigenvalue weighted by Crippen LogP contribution is 2.64. The molecule has 0 amide bonds. The molecule has 42 heavy (non-hydrogen) atoms. The highest BCUT2D eigenvalue weighted by molar-refractivity contribution is 7.53. The van der Waals surface area contributed by atoms with Gasteiger partial charge >= 0.3 is 7.60 Å². The molecule has 5 heteroatoms. The van der Waals surface area contributed by atoms with Crippen molar-refractivity contribution >= 4 is 7.60 Å². The summed E-state index contributed by atoms with van der Waals surface area (Å²) >= 11 is 0. The van der Waals surface area contributed by atoms with Gasteiger partial charge in [0.15, 0.2) is 0 Å². The Morgan fingerprint density at radius 3 is 1.24 bits per heavy atom. The Labute approximate surface area is 261 Å². The van der Waals surface area contributed by atoms with Crippen molar-refractivity contribution in [2.75, 3.05) is 0 Å². The predicted molar refractivity (Wildman–Crippen MR) is 183 cm³/mol. The molecule has 0 aliphatic heterocycles. The van der Waals surface area contributed by atoms with Crippen LogP contribution in [-0.2, 0) is 15.1 Å². The molecule has 4 nitrogen and oxygen atoms in total. The maximum Gasteiger partial charge on any atom is 0.336 e. The van der Waals surface area contributed by atoms with Crippen LogP contribution in [0.3, 0.4) is 0 Å². The quantitative estimate of drug-likeness (QED) is 0.0806. The van der Waals surface area contributed by atoms with Gasteiger partial charge in [-0.1, -0.05) is 163 Å². The zero-order chi connectivity index (χ0) is 31.7. The van der Waals surface area contributed by atoms with Crippen LogP contribution >= 0.6 is 7.60 Å². The first-order valence-electron chi connectivity index (χ1n) is 17.7. The number of phenols is 1. The lowest BCUT2D eigenvalue weighted by Gasteiger charge is -2.41. The standard InChI is InChI=1S/C37H69O4P/c1-8-10-12-14-16-18-20-22-24-26-28-37(42(39,40)41,29-27-25-23-21-19-17-15-13-11-9-2)35-32(4)31(3)34(38)30-33(35)36(5,6)7/h30,38H,8-29H2,1-7H3,(H2,39,40,41). The van der Waals surface area contributed by atoms with Crippen LogP contribution in [-0.4, -0.2) is 14.9 Å². The van der Waals surface area contributed by atoms with E-state index in [9.17, 15) is 19.5 Å². The summed E-state index contributed by atoms with van der Waals surface area (Å²) in [6.45, 7) is 14.6. The van der Waals surface area contributed by atoms with E-state index in [2.05, 4.69) is 34.6 Å². The van der Waals surface area contributed by atoms with Gasteiger partial charge in [0.2, 0.25) is 0 Å². The number of aromatic hydroxyl groups is 1. The van der Waals surface area contributed by atoms with Gasteiger partial charge in [0.1, 0.15) is 5.75 Å². The van der Waals surface area contributed by atoms with E-state index in [1.54, 1.807) is 6.07 Å². The molecule has 0 unspecified atom stereocenters. The van der Waals surface area contributed by atoms with Crippen molar-refractivity contribution in [2.45, 2.75) is 200 Å². The summed E-state index contributed by atoms with van der Waals surface area (Å²) in [6.07, 6.45) is 25.0. The summed E-state index contributed by atoms with van der Waals surface area (Å²) in [5.41, 5.74) is 2.93. The first kappa shape index (κ1) is 39.2. The van der Waals surface area contributed by atoms with Crippen LogP contribution in [0.1, 0.15) is 198 Å². The molecule has 0 heterocycles. The molecule has 0 saturated heterocycles. The van der Waals surface area contributed by atoms with Gasteiger partial charge in [0, 0.05) is 0 Å². The molecule has 0 bridgehead atoms. The fraction of sp³-hybridized carbons (Fsp3) is 0.838. The van der Waals surface area contributed by atoms with Crippen molar-refractivity contribution in [3.8, 4) is 5.75 Å². The Bertz CT molecular complexity index is 887. The summed E-state index contributed by atoms with van der Waals surface area (Å²) in [5, 5.41) is 9.56. The smallest absolute Gasteiger partial charge is 0.336 e. The zero-order valence-electron chi connectivity index (χ0n) is 28.8. The van der Waals surface area contributed by atoms with Crippen molar-refractivity contribution in [2.24, 2.45) is 0 Å². The highest BCUT2D eigenvalue weighted by atomic mass is 31.2. The Balaban J connectivity index is 3.09. The van der Waals surface area contributed by atoms with Crippen LogP contribution in [0.4, 0.5) is 0 Å². The van der Waals surface area contributed by atoms with Gasteiger partial charge in [-0.15, -0.1) is 0 Å². The highest BCUT2D eigenvalue weighted by Gasteiger charge is 2.50. The van der Waals surface area contributed by atoms with Crippen molar-refractivity contribution in [1.82, 2.24) is 0 Å². The molecule has 0 aromatic heterocycles. The summed E-state index contributed by atoms with van der Waals surface area (Å²) in [5.74, 6) is 0.221. The third-order valence-corrected chi connectivity index (χ3v) is 11.4. The first-order valence-corrected chi connectivity index (χ1v) is 19.3. The molecule has 1 aromatic rings. The van der Waals surface area contributed by atoms with Gasteiger partial charge in [-0.25, -0.2) is 0 Å². The molecule has 3 N–H and O–H groups in total. The normalized spacial score (nSPS) is 12.8. The molecule has 0 fully saturated rings. The molecular formula is C37H69O4P. The summed E-state index contributed by atoms with van der Waals surface area (Å²) < 4.78 is 13.7. The van der Waals surface area contributed by atoms with E-state index < -0.39 is 12.8 Å². The molecule has 0 atom stereocenters. The first-order chi connectivity index (χ1) is 19.8. The van der Waals surface area contributed by atoms with Crippen LogP contribution < -0.4 is 0 Å². The van der Waals surface area contributed by atoms with Crippen LogP contribution in [0.15, 0.2) is 6.07 Å². The summed E-state index contributed by atoms with van der Waals surface area (Å²) in [6, 6.07) is 1.79. The SMILES string of the molecule is CCCCCCCCCCCCC(CCCCCCCCCCCC)(c1c(C(C)(C)C)cc(O)c(C)c1C)P(=O)(O)O. The van der Waals surface area contributed by atoms with Gasteiger partial charge in [-0.2, -0.15) is 0 Å². The third kappa shape index (κ3) is 13.0. The summed E-state index contributed by atoms with van der Waals surface area (Å²) in [4.78, 5) is 22.4. The lowest BCUT2D eigenvalue weighted by atomic mass is 9.73. The Hall–Kier alpha value is -0.830. The predicted octanol–water partition coefficient (Wildman–Crippen LogP) is 12.3. The second-order valence-corrected chi connectivity index (χ2v) is 16.2. The number of hydrogen-bond acceptors (Lipinski definition) is 2. The van der Waals surface area contributed by atoms with E-state index in [4.69, 9.17) is 0 Å². The minimum atomic E-state index is -4.52. The molecule has 0 spiro atoms. The van der Waals surface area contributed by atoms with Gasteiger partial charge in [0.05, 0.1) is 5.16 Å². The van der Waals surface area contributed by atoms with E-state index in [0.717, 1.165) is 60.8 Å². The van der Waals surface area contributed by atoms with Gasteiger partial charge in [-0.05, 0) is 60.4 Å². The topological polar surface area (TPSA) is 77.8 Å². The largest absolute Gasteiger partial charge is 0.508 e. The van der Waals surface area contributed by atoms with E-state index in [0.29, 0.717) is 12.8 Å². The lowest BCUT2D eigenvalue weighted by molar-refractivity contribution is 0.294. The molecule has 246 valence electrons. The number of unbranched alkanes of at least 4 members (excludes halogenated alkanes) is 18. The maximum atomic E-state index is 13.7. The van der Waals surface area contributed by atoms with Crippen molar-refractivity contribution in [3.63, 3.8) is 0 Å². The molecule has 0 aliphatic carbocycles. The Kier molecular flexibility index (Phi) is 18.9. The Morgan fingerprint density at radius 1 is 0.595 bits per heavy atom. The molecule has 0 aliphatic rings. The van der Waals surface area contributed by atoms with Crippen LogP contribution in [0, 0.1) is 13.8 Å². The molecule has 1 rings (SSSR count). The second-order valence-electron chi connectivity index (χ2n) is 14.3. The van der Waals surface area contributed by atoms with E-state index in [1.807, 2.05) is 13.8 Å². The third-order valence-electron chi connectivity index (χ3n) is 9.59. The number of phenolic OH excluding ortho intramolecular Hbond substituents is 1. The average Bonchev–Trinajstić information content (AvgIpc) is 2.91. The number of hydrogen-bond donors (Lipinski definition) is 3. The average molecular weight is 609 g/mol. The minimum absolute atomic E-state index is 0.221. The summed E-state index contributed by atoms with van der Waals surface area (Å²) in [7, 11) is -4.52. The zero-order valence-corrected chi connectivity index (χ0v) is 29.7. The van der Waals surface area contributed by atoms with E-state index in [1.165, 1.54) is 89.9 Å². The van der Waals surface area contributed by atoms with Crippen molar-refractivity contribution in [3.05, 3.63) is 28.3 Å². The van der Waals surface area contributed by atoms with Gasteiger partial charge in [0.25, 0.3) is 0 Å². The van der Waals surface area contributed by atoms with Crippen LogP contribution in [0.2, 0.25) is 0 Å². The minimum Gasteiger partial charge on any atom is -0.508 e. The second kappa shape index (κ2) is 20.2. The monoisotopic (exact) mass is 608 g/mol. The fourth-order valence-corrected chi connectivity index (χ4v) is 8.19.